The van der Waals surface area contributed by atoms with Crippen LogP contribution < -0.4 is 43.8 Å². The molecule has 50 heavy (non-hydrogen) atoms. The van der Waals surface area contributed by atoms with Crippen LogP contribution in [0, 0.1) is 0 Å². The Bertz CT molecular complexity index is 1540. The molecule has 0 fully saturated rings. The minimum Gasteiger partial charge on any atom is -0.508 e. The van der Waals surface area contributed by atoms with E-state index in [1.54, 1.807) is 42.5 Å². The third-order valence-electron chi connectivity index (χ3n) is 7.17. The maximum Gasteiger partial charge on any atom is 0.325 e. The van der Waals surface area contributed by atoms with Crippen molar-refractivity contribution in [2.75, 3.05) is 6.54 Å². The van der Waals surface area contributed by atoms with Crippen LogP contribution in [0.25, 0.3) is 0 Å². The molecule has 2 aromatic rings. The van der Waals surface area contributed by atoms with Gasteiger partial charge in [0.25, 0.3) is 0 Å². The van der Waals surface area contributed by atoms with Crippen LogP contribution >= 0.6 is 0 Å². The van der Waals surface area contributed by atoms with E-state index >= 15 is 0 Å². The number of aromatic hydroxyl groups is 1. The van der Waals surface area contributed by atoms with E-state index in [-0.39, 0.29) is 25.0 Å². The molecule has 0 aromatic heterocycles. The van der Waals surface area contributed by atoms with Crippen LogP contribution in [0.2, 0.25) is 0 Å². The van der Waals surface area contributed by atoms with Gasteiger partial charge in [-0.05, 0) is 43.0 Å². The summed E-state index contributed by atoms with van der Waals surface area (Å²) in [6, 6.07) is 7.62. The monoisotopic (exact) mass is 698 g/mol. The molecule has 18 heteroatoms. The molecule has 5 atom stereocenters. The number of primary amides is 2. The molecule has 0 heterocycles. The average molecular weight is 699 g/mol. The van der Waals surface area contributed by atoms with Gasteiger partial charge in [-0.25, -0.2) is 0 Å². The molecule has 0 aliphatic rings. The van der Waals surface area contributed by atoms with E-state index in [2.05, 4.69) is 26.6 Å². The lowest BCUT2D eigenvalue weighted by Crippen LogP contribution is -2.59. The van der Waals surface area contributed by atoms with Gasteiger partial charge in [-0.1, -0.05) is 42.5 Å². The van der Waals surface area contributed by atoms with E-state index in [1.165, 1.54) is 12.1 Å². The number of amides is 7. The standard InChI is InChI=1S/C32H42N8O10/c1-17(32(49)50)37-30(47)24(15-26(35)43)40-29(46)22(11-12-25(34)42)39-31(48)23(14-18-5-3-2-4-6-18)38-27(44)16-36-28(45)21(33)13-19-7-9-20(41)10-8-19/h2-10,17,21-24,41H,11-16,33H2,1H3,(H2,34,42)(H2,35,43)(H,36,45)(H,37,47)(H,38,44)(H,39,48)(H,40,46)(H,49,50)/t17-,21-,22-,23-,24-/m0/s1. The van der Waals surface area contributed by atoms with Crippen LogP contribution in [0.1, 0.15) is 37.3 Å². The molecule has 270 valence electrons. The smallest absolute Gasteiger partial charge is 0.325 e. The summed E-state index contributed by atoms with van der Waals surface area (Å²) in [5.41, 5.74) is 17.7. The van der Waals surface area contributed by atoms with Crippen molar-refractivity contribution in [1.82, 2.24) is 26.6 Å². The number of carbonyl (C=O) groups excluding carboxylic acids is 7. The van der Waals surface area contributed by atoms with E-state index in [1.807, 2.05) is 0 Å². The zero-order valence-corrected chi connectivity index (χ0v) is 27.2. The van der Waals surface area contributed by atoms with Crippen LogP contribution in [-0.4, -0.2) is 94.3 Å². The Morgan fingerprint density at radius 1 is 0.680 bits per heavy atom. The molecule has 7 amide bonds. The van der Waals surface area contributed by atoms with Crippen molar-refractivity contribution in [3.05, 3.63) is 65.7 Å². The lowest BCUT2D eigenvalue weighted by molar-refractivity contribution is -0.142. The van der Waals surface area contributed by atoms with Gasteiger partial charge in [0.2, 0.25) is 41.4 Å². The van der Waals surface area contributed by atoms with Crippen molar-refractivity contribution in [3.63, 3.8) is 0 Å². The Hall–Kier alpha value is -6.04. The van der Waals surface area contributed by atoms with Gasteiger partial charge < -0.3 is 54.0 Å². The van der Waals surface area contributed by atoms with Gasteiger partial charge >= 0.3 is 5.97 Å². The maximum absolute atomic E-state index is 13.6. The fourth-order valence-corrected chi connectivity index (χ4v) is 4.47. The van der Waals surface area contributed by atoms with Gasteiger partial charge in [0.1, 0.15) is 29.9 Å². The first-order valence-corrected chi connectivity index (χ1v) is 15.4. The fourth-order valence-electron chi connectivity index (χ4n) is 4.47. The molecule has 0 saturated heterocycles. The maximum atomic E-state index is 13.6. The second-order valence-corrected chi connectivity index (χ2v) is 11.4. The molecule has 0 radical (unpaired) electrons. The zero-order chi connectivity index (χ0) is 37.4. The third-order valence-corrected chi connectivity index (χ3v) is 7.17. The van der Waals surface area contributed by atoms with Crippen molar-refractivity contribution >= 4 is 47.3 Å². The van der Waals surface area contributed by atoms with E-state index in [0.29, 0.717) is 11.1 Å². The number of carboxylic acids is 1. The lowest BCUT2D eigenvalue weighted by Gasteiger charge is -2.25. The van der Waals surface area contributed by atoms with Crippen LogP contribution in [0.15, 0.2) is 54.6 Å². The van der Waals surface area contributed by atoms with E-state index in [4.69, 9.17) is 22.3 Å². The van der Waals surface area contributed by atoms with Crippen LogP contribution in [-0.2, 0) is 51.2 Å². The summed E-state index contributed by atoms with van der Waals surface area (Å²) in [5, 5.41) is 30.2. The number of nitrogens with two attached hydrogens (primary N) is 3. The predicted octanol–water partition coefficient (Wildman–Crippen LogP) is -3.19. The Balaban J connectivity index is 2.19. The van der Waals surface area contributed by atoms with Crippen molar-refractivity contribution in [1.29, 1.82) is 0 Å². The van der Waals surface area contributed by atoms with Gasteiger partial charge in [0, 0.05) is 12.8 Å². The van der Waals surface area contributed by atoms with Crippen molar-refractivity contribution < 1.29 is 48.6 Å². The lowest BCUT2D eigenvalue weighted by atomic mass is 10.0. The number of carbonyl (C=O) groups is 8. The average Bonchev–Trinajstić information content (AvgIpc) is 3.05. The normalized spacial score (nSPS) is 13.6. The number of phenolic OH excluding ortho intramolecular Hbond substituents is 1. The van der Waals surface area contributed by atoms with E-state index in [0.717, 1.165) is 6.92 Å². The van der Waals surface area contributed by atoms with Crippen molar-refractivity contribution in [2.24, 2.45) is 17.2 Å². The van der Waals surface area contributed by atoms with Crippen LogP contribution in [0.3, 0.4) is 0 Å². The first kappa shape index (κ1) is 40.1. The highest BCUT2D eigenvalue weighted by molar-refractivity contribution is 5.97. The minimum atomic E-state index is -1.64. The van der Waals surface area contributed by atoms with Crippen molar-refractivity contribution in [3.8, 4) is 5.75 Å². The number of phenols is 1. The topological polar surface area (TPSA) is 315 Å². The molecular formula is C32H42N8O10. The highest BCUT2D eigenvalue weighted by atomic mass is 16.4. The van der Waals surface area contributed by atoms with Gasteiger partial charge in [-0.3, -0.25) is 38.4 Å². The second kappa shape index (κ2) is 19.7. The van der Waals surface area contributed by atoms with Crippen LogP contribution in [0.5, 0.6) is 5.75 Å². The predicted molar refractivity (Wildman–Crippen MR) is 176 cm³/mol. The highest BCUT2D eigenvalue weighted by Gasteiger charge is 2.32. The SMILES string of the molecule is C[C@H](NC(=O)[C@H](CC(N)=O)NC(=O)[C@H](CCC(N)=O)NC(=O)[C@H](Cc1ccccc1)NC(=O)CNC(=O)[C@@H](N)Cc1ccc(O)cc1)C(=O)O. The molecule has 18 nitrogen and oxygen atoms in total. The summed E-state index contributed by atoms with van der Waals surface area (Å²) in [5.74, 6) is -7.61. The summed E-state index contributed by atoms with van der Waals surface area (Å²) in [7, 11) is 0. The van der Waals surface area contributed by atoms with E-state index in [9.17, 15) is 43.5 Å². The molecule has 2 rings (SSSR count). The number of hydrogen-bond donors (Lipinski definition) is 10. The molecule has 0 aliphatic carbocycles. The summed E-state index contributed by atoms with van der Waals surface area (Å²) < 4.78 is 0. The second-order valence-electron chi connectivity index (χ2n) is 11.4. The Kier molecular flexibility index (Phi) is 15.8. The number of hydrogen-bond acceptors (Lipinski definition) is 10. The first-order valence-electron chi connectivity index (χ1n) is 15.4. The third kappa shape index (κ3) is 14.4. The van der Waals surface area contributed by atoms with Gasteiger partial charge in [0.15, 0.2) is 0 Å². The highest BCUT2D eigenvalue weighted by Crippen LogP contribution is 2.11. The molecule has 0 spiro atoms. The fraction of sp³-hybridized carbons (Fsp3) is 0.375. The molecule has 13 N–H and O–H groups in total. The summed E-state index contributed by atoms with van der Waals surface area (Å²) in [6.45, 7) is 0.586. The first-order chi connectivity index (χ1) is 23.5. The van der Waals surface area contributed by atoms with Gasteiger partial charge in [-0.2, -0.15) is 0 Å². The van der Waals surface area contributed by atoms with Crippen LogP contribution in [0.4, 0.5) is 0 Å². The Morgan fingerprint density at radius 2 is 1.24 bits per heavy atom. The Morgan fingerprint density at radius 3 is 1.82 bits per heavy atom. The molecule has 0 aliphatic heterocycles. The molecular weight excluding hydrogens is 656 g/mol. The molecule has 0 unspecified atom stereocenters. The zero-order valence-electron chi connectivity index (χ0n) is 27.2. The van der Waals surface area contributed by atoms with Crippen molar-refractivity contribution in [2.45, 2.75) is 69.2 Å². The summed E-state index contributed by atoms with van der Waals surface area (Å²) in [4.78, 5) is 99.4. The molecule has 0 saturated carbocycles. The molecule has 2 aromatic carbocycles. The molecule has 0 bridgehead atoms. The van der Waals surface area contributed by atoms with Gasteiger partial charge in [0.05, 0.1) is 19.0 Å². The quantitative estimate of drug-likeness (QED) is 0.0657. The van der Waals surface area contributed by atoms with Gasteiger partial charge in [-0.15, -0.1) is 0 Å². The largest absolute Gasteiger partial charge is 0.508 e. The minimum absolute atomic E-state index is 0.0414. The number of aliphatic carboxylic acids is 1. The summed E-state index contributed by atoms with van der Waals surface area (Å²) in [6.07, 6.45) is -1.44. The number of nitrogens with one attached hydrogen (secondary N) is 5. The van der Waals surface area contributed by atoms with E-state index < -0.39 is 96.9 Å². The number of benzene rings is 2. The summed E-state index contributed by atoms with van der Waals surface area (Å²) >= 11 is 0. The Labute approximate surface area is 286 Å². The number of rotatable bonds is 20. The number of carboxylic acid groups (broad SMARTS) is 1.